The lowest BCUT2D eigenvalue weighted by Gasteiger charge is -2.27. The highest BCUT2D eigenvalue weighted by Crippen LogP contribution is 2.44. The summed E-state index contributed by atoms with van der Waals surface area (Å²) in [7, 11) is 2.99. The molecule has 4 aliphatic rings. The monoisotopic (exact) mass is 641 g/mol. The van der Waals surface area contributed by atoms with Gasteiger partial charge in [-0.2, -0.15) is 5.26 Å². The highest BCUT2D eigenvalue weighted by molar-refractivity contribution is 6.02. The van der Waals surface area contributed by atoms with Crippen molar-refractivity contribution < 1.29 is 14.3 Å². The van der Waals surface area contributed by atoms with E-state index in [2.05, 4.69) is 69.0 Å². The smallest absolute Gasteiger partial charge is 0.342 e. The number of hydrogen-bond acceptors (Lipinski definition) is 8. The van der Waals surface area contributed by atoms with E-state index in [0.717, 1.165) is 80.8 Å². The number of fused-ring (bicyclic) bond motifs is 6. The third kappa shape index (κ3) is 6.00. The molecular formula is C40H43N5O3. The second kappa shape index (κ2) is 14.1. The predicted molar refractivity (Wildman–Crippen MR) is 191 cm³/mol. The predicted octanol–water partition coefficient (Wildman–Crippen LogP) is 5.82. The minimum absolute atomic E-state index is 0.373. The number of carbonyl (C=O) groups excluding carboxylic acids is 1. The van der Waals surface area contributed by atoms with Crippen molar-refractivity contribution in [2.24, 2.45) is 0 Å². The van der Waals surface area contributed by atoms with Crippen LogP contribution >= 0.6 is 0 Å². The van der Waals surface area contributed by atoms with E-state index >= 15 is 0 Å². The zero-order valence-electron chi connectivity index (χ0n) is 27.8. The van der Waals surface area contributed by atoms with Gasteiger partial charge in [0.25, 0.3) is 0 Å². The first-order valence-corrected chi connectivity index (χ1v) is 17.1. The molecule has 8 nitrogen and oxygen atoms in total. The van der Waals surface area contributed by atoms with Crippen molar-refractivity contribution in [3.8, 4) is 34.1 Å². The topological polar surface area (TPSA) is 89.9 Å². The number of anilines is 2. The van der Waals surface area contributed by atoms with E-state index in [1.807, 2.05) is 30.3 Å². The van der Waals surface area contributed by atoms with Gasteiger partial charge in [0.05, 0.1) is 25.9 Å². The minimum Gasteiger partial charge on any atom is -0.496 e. The zero-order valence-corrected chi connectivity index (χ0v) is 27.8. The van der Waals surface area contributed by atoms with Gasteiger partial charge in [0.15, 0.2) is 0 Å². The van der Waals surface area contributed by atoms with Crippen molar-refractivity contribution in [2.75, 3.05) is 63.3 Å². The van der Waals surface area contributed by atoms with E-state index in [0.29, 0.717) is 23.4 Å². The maximum Gasteiger partial charge on any atom is 0.342 e. The lowest BCUT2D eigenvalue weighted by Crippen LogP contribution is -2.33. The molecule has 2 fully saturated rings. The molecule has 4 aliphatic heterocycles. The molecule has 2 atom stereocenters. The van der Waals surface area contributed by atoms with Gasteiger partial charge in [-0.25, -0.2) is 4.79 Å². The van der Waals surface area contributed by atoms with Gasteiger partial charge in [-0.1, -0.05) is 60.7 Å². The number of methoxy groups -OCH3 is 2. The molecule has 0 bridgehead atoms. The van der Waals surface area contributed by atoms with Gasteiger partial charge in [0.2, 0.25) is 0 Å². The van der Waals surface area contributed by atoms with Gasteiger partial charge in [-0.05, 0) is 73.7 Å². The molecule has 2 unspecified atom stereocenters. The summed E-state index contributed by atoms with van der Waals surface area (Å²) in [6, 6.07) is 30.0. The van der Waals surface area contributed by atoms with Crippen LogP contribution in [0.4, 0.5) is 11.4 Å². The largest absolute Gasteiger partial charge is 0.496 e. The highest BCUT2D eigenvalue weighted by Gasteiger charge is 2.34. The number of hydrogen-bond donors (Lipinski definition) is 2. The van der Waals surface area contributed by atoms with Crippen molar-refractivity contribution >= 4 is 17.3 Å². The van der Waals surface area contributed by atoms with E-state index in [-0.39, 0.29) is 5.97 Å². The molecule has 2 N–H and O–H groups in total. The summed E-state index contributed by atoms with van der Waals surface area (Å²) in [5.41, 5.74) is 11.0. The SMILES string of the molecule is COC(=O)c1c(OC)cccc1-c1cccc2c1N1CCNCCC1C2.N#Cc1cccc(-c2cccc3c2N2CCNCCC2C3)c1. The van der Waals surface area contributed by atoms with Crippen LogP contribution in [0.3, 0.4) is 0 Å². The van der Waals surface area contributed by atoms with Crippen LogP contribution in [0.2, 0.25) is 0 Å². The number of nitriles is 1. The summed E-state index contributed by atoms with van der Waals surface area (Å²) in [5, 5.41) is 16.1. The van der Waals surface area contributed by atoms with Crippen molar-refractivity contribution in [1.82, 2.24) is 10.6 Å². The van der Waals surface area contributed by atoms with Gasteiger partial charge in [-0.3, -0.25) is 0 Å². The fraction of sp³-hybridized carbons (Fsp3) is 0.350. The van der Waals surface area contributed by atoms with Crippen molar-refractivity contribution in [1.29, 1.82) is 5.26 Å². The first-order valence-electron chi connectivity index (χ1n) is 17.1. The minimum atomic E-state index is -0.373. The van der Waals surface area contributed by atoms with Crippen LogP contribution in [0, 0.1) is 11.3 Å². The van der Waals surface area contributed by atoms with Crippen molar-refractivity contribution in [3.63, 3.8) is 0 Å². The standard InChI is InChI=1S/C21H24N2O3.C19H19N3/c1-25-18-8-4-6-16(19(18)21(24)26-2)17-7-3-5-14-13-15-9-10-22-11-12-23(15)20(14)17;20-13-14-3-1-4-15(11-14)18-6-2-5-16-12-17-7-8-21-9-10-22(17)19(16)18/h3-8,15,22H,9-13H2,1-2H3;1-6,11,17,21H,7-10,12H2. The number of nitrogens with one attached hydrogen (secondary N) is 2. The van der Waals surface area contributed by atoms with Gasteiger partial charge in [-0.15, -0.1) is 0 Å². The Hall–Kier alpha value is -4.84. The fourth-order valence-corrected chi connectivity index (χ4v) is 8.02. The molecule has 0 saturated carbocycles. The van der Waals surface area contributed by atoms with Crippen LogP contribution in [0.5, 0.6) is 5.75 Å². The van der Waals surface area contributed by atoms with Crippen LogP contribution in [-0.4, -0.2) is 71.5 Å². The summed E-state index contributed by atoms with van der Waals surface area (Å²) >= 11 is 0. The lowest BCUT2D eigenvalue weighted by atomic mass is 9.95. The Labute approximate surface area is 283 Å². The highest BCUT2D eigenvalue weighted by atomic mass is 16.5. The van der Waals surface area contributed by atoms with Gasteiger partial charge in [0, 0.05) is 66.3 Å². The summed E-state index contributed by atoms with van der Waals surface area (Å²) in [6.45, 7) is 6.22. The van der Waals surface area contributed by atoms with Crippen LogP contribution in [-0.2, 0) is 17.6 Å². The molecule has 0 radical (unpaired) electrons. The van der Waals surface area contributed by atoms with Crippen LogP contribution in [0.25, 0.3) is 22.3 Å². The number of nitrogens with zero attached hydrogens (tertiary/aromatic N) is 3. The molecule has 246 valence electrons. The van der Waals surface area contributed by atoms with E-state index in [9.17, 15) is 4.79 Å². The van der Waals surface area contributed by atoms with Gasteiger partial charge in [0.1, 0.15) is 11.3 Å². The Balaban J connectivity index is 0.000000154. The van der Waals surface area contributed by atoms with E-state index in [1.54, 1.807) is 13.2 Å². The number of ether oxygens (including phenoxy) is 2. The number of esters is 1. The molecule has 0 aromatic heterocycles. The summed E-state index contributed by atoms with van der Waals surface area (Å²) in [4.78, 5) is 17.6. The molecule has 0 amide bonds. The Bertz CT molecular complexity index is 1850. The zero-order chi connectivity index (χ0) is 33.0. The summed E-state index contributed by atoms with van der Waals surface area (Å²) in [6.07, 6.45) is 4.54. The van der Waals surface area contributed by atoms with E-state index in [1.165, 1.54) is 41.6 Å². The average Bonchev–Trinajstić information content (AvgIpc) is 3.45. The van der Waals surface area contributed by atoms with Crippen LogP contribution in [0.1, 0.15) is 39.9 Å². The molecule has 8 heteroatoms. The third-order valence-corrected chi connectivity index (χ3v) is 10.2. The summed E-state index contributed by atoms with van der Waals surface area (Å²) < 4.78 is 10.5. The van der Waals surface area contributed by atoms with Gasteiger partial charge < -0.3 is 29.9 Å². The van der Waals surface area contributed by atoms with E-state index < -0.39 is 0 Å². The number of rotatable bonds is 4. The first-order chi connectivity index (χ1) is 23.6. The normalized spacial score (nSPS) is 19.3. The molecular weight excluding hydrogens is 598 g/mol. The fourth-order valence-electron chi connectivity index (χ4n) is 8.02. The molecule has 4 aromatic carbocycles. The molecule has 8 rings (SSSR count). The summed E-state index contributed by atoms with van der Waals surface area (Å²) in [5.74, 6) is 0.168. The molecule has 2 saturated heterocycles. The molecule has 48 heavy (non-hydrogen) atoms. The number of carbonyl (C=O) groups is 1. The van der Waals surface area contributed by atoms with Crippen LogP contribution in [0.15, 0.2) is 78.9 Å². The Morgan fingerprint density at radius 3 is 1.96 bits per heavy atom. The van der Waals surface area contributed by atoms with E-state index in [4.69, 9.17) is 14.7 Å². The maximum absolute atomic E-state index is 12.5. The average molecular weight is 642 g/mol. The quantitative estimate of drug-likeness (QED) is 0.270. The lowest BCUT2D eigenvalue weighted by molar-refractivity contribution is 0.0598. The molecule has 4 aromatic rings. The Morgan fingerprint density at radius 1 is 0.750 bits per heavy atom. The molecule has 0 aliphatic carbocycles. The number of benzene rings is 4. The number of para-hydroxylation sites is 2. The first kappa shape index (κ1) is 31.7. The van der Waals surface area contributed by atoms with Crippen molar-refractivity contribution in [2.45, 2.75) is 37.8 Å². The van der Waals surface area contributed by atoms with Gasteiger partial charge >= 0.3 is 5.97 Å². The third-order valence-electron chi connectivity index (χ3n) is 10.2. The van der Waals surface area contributed by atoms with Crippen LogP contribution < -0.4 is 25.2 Å². The Morgan fingerprint density at radius 2 is 1.33 bits per heavy atom. The molecule has 4 heterocycles. The second-order valence-corrected chi connectivity index (χ2v) is 12.9. The Kier molecular flexibility index (Phi) is 9.33. The maximum atomic E-state index is 12.5. The molecule has 0 spiro atoms. The van der Waals surface area contributed by atoms with Crippen molar-refractivity contribution in [3.05, 3.63) is 101 Å². The second-order valence-electron chi connectivity index (χ2n) is 12.9.